The Balaban J connectivity index is 1.39. The minimum absolute atomic E-state index is 0.177. The molecular weight excluding hydrogens is 368 g/mol. The normalized spacial score (nSPS) is 10.9. The van der Waals surface area contributed by atoms with E-state index < -0.39 is 0 Å². The van der Waals surface area contributed by atoms with Crippen LogP contribution in [0.3, 0.4) is 0 Å². The van der Waals surface area contributed by atoms with Crippen molar-refractivity contribution in [3.05, 3.63) is 105 Å². The highest BCUT2D eigenvalue weighted by Gasteiger charge is 2.08. The summed E-state index contributed by atoms with van der Waals surface area (Å²) < 4.78 is 3.28. The zero-order valence-electron chi connectivity index (χ0n) is 15.7. The van der Waals surface area contributed by atoms with Crippen molar-refractivity contribution in [2.45, 2.75) is 13.1 Å². The number of carbonyl (C=O) groups excluding carboxylic acids is 1. The molecule has 7 heteroatoms. The molecule has 1 amide bonds. The van der Waals surface area contributed by atoms with Crippen LogP contribution in [-0.4, -0.2) is 26.8 Å². The fraction of sp³-hybridized carbons (Fsp3) is 0.136. The van der Waals surface area contributed by atoms with E-state index in [0.29, 0.717) is 16.3 Å². The van der Waals surface area contributed by atoms with Crippen molar-refractivity contribution in [1.82, 2.24) is 19.7 Å². The molecule has 0 aliphatic carbocycles. The first-order valence-electron chi connectivity index (χ1n) is 9.31. The third-order valence-corrected chi connectivity index (χ3v) is 4.75. The van der Waals surface area contributed by atoms with Crippen molar-refractivity contribution in [1.29, 1.82) is 0 Å². The number of fused-ring (bicyclic) bond motifs is 1. The molecule has 146 valence electrons. The number of H-pyrrole nitrogens is 1. The number of aromatic amines is 1. The number of amides is 1. The van der Waals surface area contributed by atoms with Crippen LogP contribution in [0, 0.1) is 0 Å². The van der Waals surface area contributed by atoms with E-state index in [1.165, 1.54) is 4.68 Å². The largest absolute Gasteiger partial charge is 0.350 e. The van der Waals surface area contributed by atoms with Gasteiger partial charge < -0.3 is 9.88 Å². The van der Waals surface area contributed by atoms with E-state index >= 15 is 0 Å². The van der Waals surface area contributed by atoms with Gasteiger partial charge in [-0.2, -0.15) is 0 Å². The molecule has 0 atom stereocenters. The summed E-state index contributed by atoms with van der Waals surface area (Å²) in [5.41, 5.74) is 1.02. The van der Waals surface area contributed by atoms with Crippen LogP contribution in [-0.2, 0) is 13.1 Å². The first kappa shape index (κ1) is 18.5. The third-order valence-electron chi connectivity index (χ3n) is 4.75. The molecule has 0 aliphatic heterocycles. The molecule has 2 heterocycles. The molecule has 0 fully saturated rings. The number of rotatable bonds is 6. The van der Waals surface area contributed by atoms with E-state index in [1.54, 1.807) is 36.4 Å². The van der Waals surface area contributed by atoms with Crippen molar-refractivity contribution in [2.24, 2.45) is 0 Å². The highest BCUT2D eigenvalue weighted by molar-refractivity contribution is 5.94. The van der Waals surface area contributed by atoms with Crippen LogP contribution in [0.4, 0.5) is 0 Å². The third kappa shape index (κ3) is 4.03. The summed E-state index contributed by atoms with van der Waals surface area (Å²) in [6.07, 6.45) is 3.97. The molecule has 2 aromatic heterocycles. The molecular formula is C22H20N4O3. The average Bonchev–Trinajstić information content (AvgIpc) is 3.25. The second-order valence-electron chi connectivity index (χ2n) is 6.75. The molecule has 7 nitrogen and oxygen atoms in total. The quantitative estimate of drug-likeness (QED) is 0.529. The Morgan fingerprint density at radius 2 is 1.59 bits per heavy atom. The second-order valence-corrected chi connectivity index (χ2v) is 6.75. The molecule has 29 heavy (non-hydrogen) atoms. The van der Waals surface area contributed by atoms with E-state index in [-0.39, 0.29) is 30.1 Å². The molecule has 2 N–H and O–H groups in total. The van der Waals surface area contributed by atoms with Gasteiger partial charge in [0.2, 0.25) is 0 Å². The van der Waals surface area contributed by atoms with Crippen LogP contribution >= 0.6 is 0 Å². The van der Waals surface area contributed by atoms with Gasteiger partial charge in [-0.1, -0.05) is 24.3 Å². The Morgan fingerprint density at radius 3 is 2.31 bits per heavy atom. The van der Waals surface area contributed by atoms with Crippen molar-refractivity contribution in [2.75, 3.05) is 6.54 Å². The molecule has 2 aromatic carbocycles. The van der Waals surface area contributed by atoms with Crippen LogP contribution < -0.4 is 16.4 Å². The zero-order valence-corrected chi connectivity index (χ0v) is 15.7. The molecule has 0 saturated carbocycles. The lowest BCUT2D eigenvalue weighted by atomic mass is 10.1. The van der Waals surface area contributed by atoms with Crippen LogP contribution in [0.5, 0.6) is 0 Å². The fourth-order valence-electron chi connectivity index (χ4n) is 3.24. The molecule has 0 bridgehead atoms. The van der Waals surface area contributed by atoms with Crippen molar-refractivity contribution in [3.8, 4) is 0 Å². The smallest absolute Gasteiger partial charge is 0.273 e. The Hall–Kier alpha value is -3.87. The standard InChI is InChI=1S/C22H20N4O3/c27-20(17-9-7-16(8-10-17)15-25-12-3-4-13-25)23-11-14-26-22(29)19-6-2-1-5-18(19)21(28)24-26/h1-10,12-13H,11,14-15H2,(H,23,27)(H,24,28). The van der Waals surface area contributed by atoms with Crippen LogP contribution in [0.1, 0.15) is 15.9 Å². The minimum Gasteiger partial charge on any atom is -0.350 e. The number of carbonyl (C=O) groups is 1. The summed E-state index contributed by atoms with van der Waals surface area (Å²) in [6, 6.07) is 18.0. The summed E-state index contributed by atoms with van der Waals surface area (Å²) in [5.74, 6) is -0.228. The molecule has 0 radical (unpaired) electrons. The molecule has 0 unspecified atom stereocenters. The van der Waals surface area contributed by atoms with Crippen LogP contribution in [0.2, 0.25) is 0 Å². The van der Waals surface area contributed by atoms with Gasteiger partial charge in [0, 0.05) is 31.0 Å². The van der Waals surface area contributed by atoms with Crippen LogP contribution in [0.25, 0.3) is 10.8 Å². The predicted octanol–water partition coefficient (Wildman–Crippen LogP) is 1.97. The Labute approximate surface area is 166 Å². The lowest BCUT2D eigenvalue weighted by Gasteiger charge is -2.09. The van der Waals surface area contributed by atoms with Gasteiger partial charge in [0.15, 0.2) is 0 Å². The van der Waals surface area contributed by atoms with Gasteiger partial charge in [0.25, 0.3) is 17.0 Å². The lowest BCUT2D eigenvalue weighted by Crippen LogP contribution is -2.35. The van der Waals surface area contributed by atoms with Gasteiger partial charge >= 0.3 is 0 Å². The molecule has 4 rings (SSSR count). The van der Waals surface area contributed by atoms with Gasteiger partial charge in [-0.15, -0.1) is 0 Å². The number of benzene rings is 2. The van der Waals surface area contributed by atoms with E-state index in [0.717, 1.165) is 12.1 Å². The van der Waals surface area contributed by atoms with E-state index in [2.05, 4.69) is 15.0 Å². The number of hydrogen-bond donors (Lipinski definition) is 2. The van der Waals surface area contributed by atoms with Gasteiger partial charge in [0.05, 0.1) is 17.3 Å². The Morgan fingerprint density at radius 1 is 0.897 bits per heavy atom. The molecule has 0 saturated heterocycles. The van der Waals surface area contributed by atoms with Gasteiger partial charge in [-0.25, -0.2) is 4.68 Å². The van der Waals surface area contributed by atoms with Crippen LogP contribution in [0.15, 0.2) is 82.6 Å². The summed E-state index contributed by atoms with van der Waals surface area (Å²) in [7, 11) is 0. The monoisotopic (exact) mass is 388 g/mol. The average molecular weight is 388 g/mol. The highest BCUT2D eigenvalue weighted by atomic mass is 16.2. The first-order chi connectivity index (χ1) is 14.1. The maximum absolute atomic E-state index is 12.5. The number of aromatic nitrogens is 3. The summed E-state index contributed by atoms with van der Waals surface area (Å²) in [4.78, 5) is 36.9. The molecule has 0 spiro atoms. The van der Waals surface area contributed by atoms with Gasteiger partial charge in [-0.05, 0) is 42.0 Å². The minimum atomic E-state index is -0.329. The highest BCUT2D eigenvalue weighted by Crippen LogP contribution is 2.07. The number of hydrogen-bond acceptors (Lipinski definition) is 3. The second kappa shape index (κ2) is 8.02. The summed E-state index contributed by atoms with van der Waals surface area (Å²) in [6.45, 7) is 1.14. The molecule has 0 aliphatic rings. The van der Waals surface area contributed by atoms with E-state index in [9.17, 15) is 14.4 Å². The fourth-order valence-corrected chi connectivity index (χ4v) is 3.24. The number of nitrogens with zero attached hydrogens (tertiary/aromatic N) is 2. The topological polar surface area (TPSA) is 88.9 Å². The van der Waals surface area contributed by atoms with E-state index in [1.807, 2.05) is 36.7 Å². The molecule has 4 aromatic rings. The summed E-state index contributed by atoms with van der Waals surface area (Å²) in [5, 5.41) is 6.06. The van der Waals surface area contributed by atoms with Crippen molar-refractivity contribution >= 4 is 16.7 Å². The predicted molar refractivity (Wildman–Crippen MR) is 111 cm³/mol. The van der Waals surface area contributed by atoms with Gasteiger partial charge in [0.1, 0.15) is 0 Å². The van der Waals surface area contributed by atoms with Crippen molar-refractivity contribution in [3.63, 3.8) is 0 Å². The lowest BCUT2D eigenvalue weighted by molar-refractivity contribution is 0.0951. The Kier molecular flexibility index (Phi) is 5.11. The van der Waals surface area contributed by atoms with Crippen molar-refractivity contribution < 1.29 is 4.79 Å². The SMILES string of the molecule is O=C(NCCn1[nH]c(=O)c2ccccc2c1=O)c1ccc(Cn2cccc2)cc1. The number of nitrogens with one attached hydrogen (secondary N) is 2. The maximum atomic E-state index is 12.5. The van der Waals surface area contributed by atoms with Gasteiger partial charge in [-0.3, -0.25) is 19.5 Å². The summed E-state index contributed by atoms with van der Waals surface area (Å²) >= 11 is 0. The first-order valence-corrected chi connectivity index (χ1v) is 9.31. The zero-order chi connectivity index (χ0) is 20.2. The van der Waals surface area contributed by atoms with E-state index in [4.69, 9.17) is 0 Å². The Bertz CT molecular complexity index is 1250. The maximum Gasteiger partial charge on any atom is 0.273 e.